The van der Waals surface area contributed by atoms with E-state index in [4.69, 9.17) is 0 Å². The van der Waals surface area contributed by atoms with Crippen LogP contribution in [0, 0.1) is 17.5 Å². The van der Waals surface area contributed by atoms with Gasteiger partial charge < -0.3 is 0 Å². The zero-order valence-corrected chi connectivity index (χ0v) is 16.2. The van der Waals surface area contributed by atoms with Crippen LogP contribution in [-0.2, 0) is 6.42 Å². The second kappa shape index (κ2) is 8.12. The molecule has 0 fully saturated rings. The Balaban J connectivity index is 1.70. The Kier molecular flexibility index (Phi) is 5.39. The van der Waals surface area contributed by atoms with Crippen LogP contribution >= 0.6 is 0 Å². The van der Waals surface area contributed by atoms with E-state index in [9.17, 15) is 13.2 Å². The van der Waals surface area contributed by atoms with Crippen molar-refractivity contribution in [2.75, 3.05) is 0 Å². The summed E-state index contributed by atoms with van der Waals surface area (Å²) in [7, 11) is 0. The fraction of sp³-hybridized carbons (Fsp3) is 0.154. The van der Waals surface area contributed by atoms with Gasteiger partial charge in [0.25, 0.3) is 0 Å². The van der Waals surface area contributed by atoms with Crippen LogP contribution in [0.15, 0.2) is 72.8 Å². The molecule has 3 heteroatoms. The molecule has 4 aromatic rings. The molecule has 0 aliphatic carbocycles. The molecule has 146 valence electrons. The minimum absolute atomic E-state index is 0.143. The highest BCUT2D eigenvalue weighted by molar-refractivity contribution is 5.88. The van der Waals surface area contributed by atoms with Crippen molar-refractivity contribution in [3.8, 4) is 22.3 Å². The molecule has 29 heavy (non-hydrogen) atoms. The standard InChI is InChI=1S/C26H21F3/c1-2-3-4-17-5-6-20-14-21(8-7-19(20)13-17)22-15-24(28)26(25(29)16-22)18-9-11-23(27)12-10-18/h5-16H,2-4H2,1H3. The Hall–Kier alpha value is -3.07. The first-order valence-electron chi connectivity index (χ1n) is 9.83. The van der Waals surface area contributed by atoms with Gasteiger partial charge in [0, 0.05) is 0 Å². The molecule has 0 saturated heterocycles. The highest BCUT2D eigenvalue weighted by Gasteiger charge is 2.14. The van der Waals surface area contributed by atoms with Crippen LogP contribution in [0.1, 0.15) is 25.3 Å². The molecule has 4 aromatic carbocycles. The lowest BCUT2D eigenvalue weighted by Crippen LogP contribution is -1.93. The van der Waals surface area contributed by atoms with Gasteiger partial charge in [0.15, 0.2) is 0 Å². The third-order valence-corrected chi connectivity index (χ3v) is 5.23. The van der Waals surface area contributed by atoms with Crippen LogP contribution < -0.4 is 0 Å². The summed E-state index contributed by atoms with van der Waals surface area (Å²) in [6.07, 6.45) is 3.36. The molecular formula is C26H21F3. The molecule has 0 atom stereocenters. The SMILES string of the molecule is CCCCc1ccc2cc(-c3cc(F)c(-c4ccc(F)cc4)c(F)c3)ccc2c1. The van der Waals surface area contributed by atoms with E-state index >= 15 is 0 Å². The molecule has 0 radical (unpaired) electrons. The lowest BCUT2D eigenvalue weighted by atomic mass is 9.96. The first-order valence-corrected chi connectivity index (χ1v) is 9.83. The van der Waals surface area contributed by atoms with Crippen LogP contribution in [0.4, 0.5) is 13.2 Å². The Morgan fingerprint density at radius 3 is 1.93 bits per heavy atom. The van der Waals surface area contributed by atoms with E-state index in [-0.39, 0.29) is 5.56 Å². The molecule has 0 heterocycles. The van der Waals surface area contributed by atoms with Crippen molar-refractivity contribution in [1.82, 2.24) is 0 Å². The van der Waals surface area contributed by atoms with Crippen molar-refractivity contribution in [1.29, 1.82) is 0 Å². The first kappa shape index (κ1) is 19.3. The fourth-order valence-corrected chi connectivity index (χ4v) is 3.64. The quantitative estimate of drug-likeness (QED) is 0.324. The average molecular weight is 390 g/mol. The van der Waals surface area contributed by atoms with Gasteiger partial charge in [-0.2, -0.15) is 0 Å². The molecule has 4 rings (SSSR count). The van der Waals surface area contributed by atoms with E-state index in [0.29, 0.717) is 11.1 Å². The predicted octanol–water partition coefficient (Wildman–Crippen LogP) is 7.93. The third-order valence-electron chi connectivity index (χ3n) is 5.23. The molecule has 0 aliphatic rings. The second-order valence-electron chi connectivity index (χ2n) is 7.32. The maximum Gasteiger partial charge on any atom is 0.134 e. The number of benzene rings is 4. The molecule has 0 nitrogen and oxygen atoms in total. The number of hydrogen-bond acceptors (Lipinski definition) is 0. The van der Waals surface area contributed by atoms with Gasteiger partial charge in [-0.15, -0.1) is 0 Å². The van der Waals surface area contributed by atoms with E-state index in [1.165, 1.54) is 42.0 Å². The minimum atomic E-state index is -0.665. The fourth-order valence-electron chi connectivity index (χ4n) is 3.64. The lowest BCUT2D eigenvalue weighted by Gasteiger charge is -2.10. The summed E-state index contributed by atoms with van der Waals surface area (Å²) >= 11 is 0. The topological polar surface area (TPSA) is 0 Å². The van der Waals surface area contributed by atoms with E-state index in [1.54, 1.807) is 0 Å². The number of rotatable bonds is 5. The average Bonchev–Trinajstić information content (AvgIpc) is 2.72. The molecule has 0 aromatic heterocycles. The Morgan fingerprint density at radius 2 is 1.24 bits per heavy atom. The van der Waals surface area contributed by atoms with Gasteiger partial charge in [-0.25, -0.2) is 13.2 Å². The Bertz CT molecular complexity index is 1140. The molecule has 0 N–H and O–H groups in total. The number of halogens is 3. The summed E-state index contributed by atoms with van der Waals surface area (Å²) in [4.78, 5) is 0. The van der Waals surface area contributed by atoms with Crippen molar-refractivity contribution >= 4 is 10.8 Å². The number of unbranched alkanes of at least 4 members (excludes halogenated alkanes) is 1. The van der Waals surface area contributed by atoms with Gasteiger partial charge in [0.1, 0.15) is 17.5 Å². The predicted molar refractivity (Wildman–Crippen MR) is 113 cm³/mol. The van der Waals surface area contributed by atoms with Crippen LogP contribution in [0.25, 0.3) is 33.0 Å². The van der Waals surface area contributed by atoms with Crippen molar-refractivity contribution in [3.63, 3.8) is 0 Å². The van der Waals surface area contributed by atoms with Gasteiger partial charge in [-0.05, 0) is 76.2 Å². The normalized spacial score (nSPS) is 11.2. The van der Waals surface area contributed by atoms with Crippen LogP contribution in [-0.4, -0.2) is 0 Å². The van der Waals surface area contributed by atoms with Gasteiger partial charge >= 0.3 is 0 Å². The smallest absolute Gasteiger partial charge is 0.134 e. The molecule has 0 aliphatic heterocycles. The zero-order valence-electron chi connectivity index (χ0n) is 16.2. The number of aryl methyl sites for hydroxylation is 1. The van der Waals surface area contributed by atoms with Crippen LogP contribution in [0.5, 0.6) is 0 Å². The van der Waals surface area contributed by atoms with Gasteiger partial charge in [-0.1, -0.05) is 55.8 Å². The Morgan fingerprint density at radius 1 is 0.621 bits per heavy atom. The molecular weight excluding hydrogens is 369 g/mol. The largest absolute Gasteiger partial charge is 0.207 e. The summed E-state index contributed by atoms with van der Waals surface area (Å²) in [5.41, 5.74) is 2.69. The maximum atomic E-state index is 14.7. The van der Waals surface area contributed by atoms with Crippen molar-refractivity contribution in [2.24, 2.45) is 0 Å². The van der Waals surface area contributed by atoms with Gasteiger partial charge in [0.05, 0.1) is 5.56 Å². The van der Waals surface area contributed by atoms with E-state index in [1.807, 2.05) is 18.2 Å². The Labute approximate surface area is 168 Å². The summed E-state index contributed by atoms with van der Waals surface area (Å²) in [5.74, 6) is -1.77. The zero-order chi connectivity index (χ0) is 20.4. The molecule has 0 amide bonds. The molecule has 0 bridgehead atoms. The number of fused-ring (bicyclic) bond motifs is 1. The van der Waals surface area contributed by atoms with Crippen molar-refractivity contribution < 1.29 is 13.2 Å². The van der Waals surface area contributed by atoms with Gasteiger partial charge in [0.2, 0.25) is 0 Å². The summed E-state index contributed by atoms with van der Waals surface area (Å²) in [6.45, 7) is 2.17. The summed E-state index contributed by atoms with van der Waals surface area (Å²) in [5, 5.41) is 2.15. The first-order chi connectivity index (χ1) is 14.0. The third kappa shape index (κ3) is 4.04. The monoisotopic (exact) mass is 390 g/mol. The molecule has 0 saturated carbocycles. The minimum Gasteiger partial charge on any atom is -0.207 e. The highest BCUT2D eigenvalue weighted by Crippen LogP contribution is 2.32. The van der Waals surface area contributed by atoms with Crippen molar-refractivity contribution in [2.45, 2.75) is 26.2 Å². The molecule has 0 spiro atoms. The van der Waals surface area contributed by atoms with Gasteiger partial charge in [-0.3, -0.25) is 0 Å². The maximum absolute atomic E-state index is 14.7. The van der Waals surface area contributed by atoms with Crippen LogP contribution in [0.2, 0.25) is 0 Å². The number of hydrogen-bond donors (Lipinski definition) is 0. The summed E-state index contributed by atoms with van der Waals surface area (Å²) in [6, 6.07) is 20.0. The van der Waals surface area contributed by atoms with Crippen molar-refractivity contribution in [3.05, 3.63) is 95.8 Å². The van der Waals surface area contributed by atoms with Crippen LogP contribution in [0.3, 0.4) is 0 Å². The second-order valence-corrected chi connectivity index (χ2v) is 7.32. The van der Waals surface area contributed by atoms with E-state index in [2.05, 4.69) is 25.1 Å². The summed E-state index contributed by atoms with van der Waals surface area (Å²) < 4.78 is 42.6. The lowest BCUT2D eigenvalue weighted by molar-refractivity contribution is 0.590. The van der Waals surface area contributed by atoms with E-state index < -0.39 is 17.5 Å². The highest BCUT2D eigenvalue weighted by atomic mass is 19.1. The molecule has 0 unspecified atom stereocenters. The van der Waals surface area contributed by atoms with E-state index in [0.717, 1.165) is 35.6 Å².